The summed E-state index contributed by atoms with van der Waals surface area (Å²) in [6.45, 7) is 2.53. The van der Waals surface area contributed by atoms with Crippen molar-refractivity contribution in [1.29, 1.82) is 0 Å². The quantitative estimate of drug-likeness (QED) is 0.834. The van der Waals surface area contributed by atoms with Gasteiger partial charge in [0, 0.05) is 13.2 Å². The molecule has 88 valence electrons. The fourth-order valence-corrected chi connectivity index (χ4v) is 2.43. The zero-order valence-electron chi connectivity index (χ0n) is 9.88. The van der Waals surface area contributed by atoms with E-state index in [0.29, 0.717) is 6.54 Å². The van der Waals surface area contributed by atoms with E-state index >= 15 is 0 Å². The van der Waals surface area contributed by atoms with Crippen LogP contribution in [0.15, 0.2) is 35.8 Å². The summed E-state index contributed by atoms with van der Waals surface area (Å²) in [5, 5.41) is 1.99. The molecule has 1 amide bonds. The molecule has 4 heteroatoms. The molecular formula is C13H14N2OS. The summed E-state index contributed by atoms with van der Waals surface area (Å²) in [7, 11) is 1.80. The van der Waals surface area contributed by atoms with Crippen molar-refractivity contribution in [2.24, 2.45) is 0 Å². The number of amides is 1. The minimum absolute atomic E-state index is 0.0498. The predicted molar refractivity (Wildman–Crippen MR) is 69.1 cm³/mol. The average molecular weight is 246 g/mol. The molecular weight excluding hydrogens is 232 g/mol. The van der Waals surface area contributed by atoms with Gasteiger partial charge < -0.3 is 4.90 Å². The number of aryl methyl sites for hydroxylation is 1. The maximum Gasteiger partial charge on any atom is 0.264 e. The third-order valence-corrected chi connectivity index (χ3v) is 3.45. The van der Waals surface area contributed by atoms with E-state index in [1.807, 2.05) is 36.6 Å². The van der Waals surface area contributed by atoms with Crippen LogP contribution in [0.4, 0.5) is 0 Å². The summed E-state index contributed by atoms with van der Waals surface area (Å²) in [6.07, 6.45) is 1.74. The van der Waals surface area contributed by atoms with E-state index in [2.05, 4.69) is 4.98 Å². The SMILES string of the molecule is Cc1csc(C(=O)N(C)Cc2ccccn2)c1. The molecule has 2 rings (SSSR count). The van der Waals surface area contributed by atoms with Gasteiger partial charge in [-0.15, -0.1) is 11.3 Å². The summed E-state index contributed by atoms with van der Waals surface area (Å²) in [5.74, 6) is 0.0498. The van der Waals surface area contributed by atoms with Crippen molar-refractivity contribution in [2.75, 3.05) is 7.05 Å². The Hall–Kier alpha value is -1.68. The van der Waals surface area contributed by atoms with Crippen LogP contribution in [0.1, 0.15) is 20.9 Å². The highest BCUT2D eigenvalue weighted by Gasteiger charge is 2.13. The van der Waals surface area contributed by atoms with E-state index in [-0.39, 0.29) is 5.91 Å². The Kier molecular flexibility index (Phi) is 3.54. The maximum absolute atomic E-state index is 12.1. The van der Waals surface area contributed by atoms with E-state index in [1.54, 1.807) is 18.1 Å². The molecule has 0 saturated carbocycles. The Morgan fingerprint density at radius 3 is 2.88 bits per heavy atom. The van der Waals surface area contributed by atoms with Gasteiger partial charge in [-0.05, 0) is 36.1 Å². The van der Waals surface area contributed by atoms with Crippen molar-refractivity contribution in [3.05, 3.63) is 52.0 Å². The molecule has 3 nitrogen and oxygen atoms in total. The zero-order valence-corrected chi connectivity index (χ0v) is 10.7. The molecule has 0 spiro atoms. The van der Waals surface area contributed by atoms with E-state index in [1.165, 1.54) is 11.3 Å². The first-order valence-electron chi connectivity index (χ1n) is 5.37. The molecule has 0 atom stereocenters. The molecule has 0 bridgehead atoms. The number of carbonyl (C=O) groups is 1. The number of carbonyl (C=O) groups excluding carboxylic acids is 1. The monoisotopic (exact) mass is 246 g/mol. The first-order valence-corrected chi connectivity index (χ1v) is 6.25. The summed E-state index contributed by atoms with van der Waals surface area (Å²) >= 11 is 1.48. The Balaban J connectivity index is 2.06. The van der Waals surface area contributed by atoms with Gasteiger partial charge in [0.05, 0.1) is 17.1 Å². The molecule has 0 fully saturated rings. The lowest BCUT2D eigenvalue weighted by Crippen LogP contribution is -2.25. The lowest BCUT2D eigenvalue weighted by molar-refractivity contribution is 0.0788. The molecule has 2 aromatic rings. The van der Waals surface area contributed by atoms with E-state index in [9.17, 15) is 4.79 Å². The second-order valence-corrected chi connectivity index (χ2v) is 4.88. The van der Waals surface area contributed by atoms with Crippen molar-refractivity contribution in [3.63, 3.8) is 0 Å². The normalized spacial score (nSPS) is 10.2. The van der Waals surface area contributed by atoms with E-state index in [0.717, 1.165) is 16.1 Å². The van der Waals surface area contributed by atoms with Crippen molar-refractivity contribution in [1.82, 2.24) is 9.88 Å². The lowest BCUT2D eigenvalue weighted by atomic mass is 10.3. The van der Waals surface area contributed by atoms with Gasteiger partial charge in [0.1, 0.15) is 0 Å². The van der Waals surface area contributed by atoms with Gasteiger partial charge in [0.2, 0.25) is 0 Å². The molecule has 0 unspecified atom stereocenters. The highest BCUT2D eigenvalue weighted by atomic mass is 32.1. The minimum Gasteiger partial charge on any atom is -0.335 e. The van der Waals surface area contributed by atoms with E-state index in [4.69, 9.17) is 0 Å². The number of nitrogens with zero attached hydrogens (tertiary/aromatic N) is 2. The average Bonchev–Trinajstić information content (AvgIpc) is 2.76. The van der Waals surface area contributed by atoms with Crippen LogP contribution in [-0.4, -0.2) is 22.8 Å². The van der Waals surface area contributed by atoms with Crippen LogP contribution < -0.4 is 0 Å². The van der Waals surface area contributed by atoms with Gasteiger partial charge in [-0.1, -0.05) is 6.07 Å². The van der Waals surface area contributed by atoms with Gasteiger partial charge in [0.15, 0.2) is 0 Å². The standard InChI is InChI=1S/C13H14N2OS/c1-10-7-12(17-9-10)13(16)15(2)8-11-5-3-4-6-14-11/h3-7,9H,8H2,1-2H3. The van der Waals surface area contributed by atoms with Crippen molar-refractivity contribution >= 4 is 17.2 Å². The Bertz CT molecular complexity index is 507. The van der Waals surface area contributed by atoms with Crippen molar-refractivity contribution < 1.29 is 4.79 Å². The van der Waals surface area contributed by atoms with Crippen molar-refractivity contribution in [2.45, 2.75) is 13.5 Å². The lowest BCUT2D eigenvalue weighted by Gasteiger charge is -2.15. The second kappa shape index (κ2) is 5.10. The summed E-state index contributed by atoms with van der Waals surface area (Å²) < 4.78 is 0. The van der Waals surface area contributed by atoms with Crippen molar-refractivity contribution in [3.8, 4) is 0 Å². The Morgan fingerprint density at radius 2 is 2.29 bits per heavy atom. The predicted octanol–water partition coefficient (Wildman–Crippen LogP) is 2.72. The number of pyridine rings is 1. The molecule has 2 aromatic heterocycles. The third-order valence-electron chi connectivity index (χ3n) is 2.41. The summed E-state index contributed by atoms with van der Waals surface area (Å²) in [6, 6.07) is 7.63. The molecule has 17 heavy (non-hydrogen) atoms. The van der Waals surface area contributed by atoms with Crippen LogP contribution in [0, 0.1) is 6.92 Å². The first-order chi connectivity index (χ1) is 8.16. The smallest absolute Gasteiger partial charge is 0.264 e. The van der Waals surface area contributed by atoms with Crippen LogP contribution in [0.3, 0.4) is 0 Å². The van der Waals surface area contributed by atoms with Gasteiger partial charge in [-0.3, -0.25) is 9.78 Å². The zero-order chi connectivity index (χ0) is 12.3. The number of rotatable bonds is 3. The number of aromatic nitrogens is 1. The third kappa shape index (κ3) is 2.91. The summed E-state index contributed by atoms with van der Waals surface area (Å²) in [5.41, 5.74) is 2.03. The van der Waals surface area contributed by atoms with Gasteiger partial charge in [0.25, 0.3) is 5.91 Å². The first kappa shape index (κ1) is 11.8. The van der Waals surface area contributed by atoms with Crippen LogP contribution in [-0.2, 0) is 6.54 Å². The summed E-state index contributed by atoms with van der Waals surface area (Å²) in [4.78, 5) is 18.7. The Labute approximate surface area is 105 Å². The molecule has 0 radical (unpaired) electrons. The second-order valence-electron chi connectivity index (χ2n) is 3.97. The Morgan fingerprint density at radius 1 is 1.47 bits per heavy atom. The van der Waals surface area contributed by atoms with E-state index < -0.39 is 0 Å². The molecule has 2 heterocycles. The fourth-order valence-electron chi connectivity index (χ4n) is 1.54. The molecule has 0 aromatic carbocycles. The molecule has 0 N–H and O–H groups in total. The number of hydrogen-bond donors (Lipinski definition) is 0. The van der Waals surface area contributed by atoms with Crippen LogP contribution in [0.5, 0.6) is 0 Å². The molecule has 0 saturated heterocycles. The molecule has 0 aliphatic heterocycles. The van der Waals surface area contributed by atoms with Gasteiger partial charge >= 0.3 is 0 Å². The van der Waals surface area contributed by atoms with Crippen LogP contribution >= 0.6 is 11.3 Å². The largest absolute Gasteiger partial charge is 0.335 e. The fraction of sp³-hybridized carbons (Fsp3) is 0.231. The minimum atomic E-state index is 0.0498. The molecule has 0 aliphatic carbocycles. The highest BCUT2D eigenvalue weighted by molar-refractivity contribution is 7.12. The number of thiophene rings is 1. The van der Waals surface area contributed by atoms with Gasteiger partial charge in [-0.25, -0.2) is 0 Å². The van der Waals surface area contributed by atoms with Gasteiger partial charge in [-0.2, -0.15) is 0 Å². The maximum atomic E-state index is 12.1. The number of hydrogen-bond acceptors (Lipinski definition) is 3. The highest BCUT2D eigenvalue weighted by Crippen LogP contribution is 2.16. The topological polar surface area (TPSA) is 33.2 Å². The van der Waals surface area contributed by atoms with Crippen LogP contribution in [0.25, 0.3) is 0 Å². The molecule has 0 aliphatic rings. The van der Waals surface area contributed by atoms with Crippen LogP contribution in [0.2, 0.25) is 0 Å².